The molecule has 3 nitrogen and oxygen atoms in total. The molecular weight excluding hydrogens is 258 g/mol. The summed E-state index contributed by atoms with van der Waals surface area (Å²) in [5.74, 6) is 0. The molecule has 3 heteroatoms. The second-order valence-electron chi connectivity index (χ2n) is 5.54. The maximum Gasteiger partial charge on any atom is 0.0537 e. The topological polar surface area (TPSA) is 29.9 Å². The Balaban J connectivity index is 1.82. The van der Waals surface area contributed by atoms with E-state index in [9.17, 15) is 0 Å². The van der Waals surface area contributed by atoms with Crippen LogP contribution in [0.2, 0.25) is 0 Å². The average molecular weight is 285 g/mol. The third kappa shape index (κ3) is 5.01. The maximum absolute atomic E-state index is 4.50. The summed E-state index contributed by atoms with van der Waals surface area (Å²) in [4.78, 5) is 0. The Hall–Kier alpha value is -1.61. The van der Waals surface area contributed by atoms with Gasteiger partial charge in [0.1, 0.15) is 0 Å². The first-order chi connectivity index (χ1) is 10.3. The Labute approximate surface area is 128 Å². The summed E-state index contributed by atoms with van der Waals surface area (Å²) in [5.41, 5.74) is 2.71. The summed E-state index contributed by atoms with van der Waals surface area (Å²) in [6, 6.07) is 11.1. The van der Waals surface area contributed by atoms with E-state index in [2.05, 4.69) is 65.5 Å². The highest BCUT2D eigenvalue weighted by molar-refractivity contribution is 5.14. The molecule has 0 amide bonds. The first kappa shape index (κ1) is 15.8. The fourth-order valence-corrected chi connectivity index (χ4v) is 2.59. The molecular formula is C18H27N3. The quantitative estimate of drug-likeness (QED) is 0.755. The van der Waals surface area contributed by atoms with E-state index in [1.165, 1.54) is 17.5 Å². The van der Waals surface area contributed by atoms with Crippen LogP contribution in [0.5, 0.6) is 0 Å². The Kier molecular flexibility index (Phi) is 6.48. The standard InChI is InChI=1S/C18H27N3/c1-3-12-19-18(4-2)17-14-20-21(15-17)13-8-11-16-9-6-5-7-10-16/h5-7,9-10,14-15,18-19H,3-4,8,11-13H2,1-2H3. The summed E-state index contributed by atoms with van der Waals surface area (Å²) in [5, 5.41) is 8.08. The third-order valence-corrected chi connectivity index (χ3v) is 3.80. The summed E-state index contributed by atoms with van der Waals surface area (Å²) < 4.78 is 2.08. The van der Waals surface area contributed by atoms with Gasteiger partial charge in [-0.2, -0.15) is 5.10 Å². The van der Waals surface area contributed by atoms with Crippen LogP contribution in [0.25, 0.3) is 0 Å². The summed E-state index contributed by atoms with van der Waals surface area (Å²) in [7, 11) is 0. The Morgan fingerprint density at radius 2 is 2.00 bits per heavy atom. The monoisotopic (exact) mass is 285 g/mol. The van der Waals surface area contributed by atoms with Gasteiger partial charge in [0.2, 0.25) is 0 Å². The van der Waals surface area contributed by atoms with Gasteiger partial charge < -0.3 is 5.32 Å². The molecule has 0 fully saturated rings. The number of benzene rings is 1. The highest BCUT2D eigenvalue weighted by atomic mass is 15.3. The van der Waals surface area contributed by atoms with Crippen LogP contribution in [0, 0.1) is 0 Å². The molecule has 1 N–H and O–H groups in total. The van der Waals surface area contributed by atoms with Crippen molar-refractivity contribution >= 4 is 0 Å². The number of nitrogens with one attached hydrogen (secondary N) is 1. The molecule has 1 heterocycles. The first-order valence-corrected chi connectivity index (χ1v) is 8.13. The van der Waals surface area contributed by atoms with E-state index < -0.39 is 0 Å². The van der Waals surface area contributed by atoms with Crippen LogP contribution in [0.15, 0.2) is 42.7 Å². The highest BCUT2D eigenvalue weighted by Gasteiger charge is 2.10. The van der Waals surface area contributed by atoms with E-state index in [1.54, 1.807) is 0 Å². The second kappa shape index (κ2) is 8.63. The minimum atomic E-state index is 0.438. The van der Waals surface area contributed by atoms with Gasteiger partial charge in [-0.05, 0) is 37.8 Å². The minimum Gasteiger partial charge on any atom is -0.310 e. The van der Waals surface area contributed by atoms with Gasteiger partial charge in [0.25, 0.3) is 0 Å². The van der Waals surface area contributed by atoms with Crippen LogP contribution in [0.4, 0.5) is 0 Å². The summed E-state index contributed by atoms with van der Waals surface area (Å²) in [6.07, 6.45) is 8.73. The Morgan fingerprint density at radius 3 is 2.71 bits per heavy atom. The summed E-state index contributed by atoms with van der Waals surface area (Å²) >= 11 is 0. The van der Waals surface area contributed by atoms with E-state index in [-0.39, 0.29) is 0 Å². The van der Waals surface area contributed by atoms with Gasteiger partial charge in [-0.3, -0.25) is 4.68 Å². The van der Waals surface area contributed by atoms with Crippen molar-refractivity contribution < 1.29 is 0 Å². The zero-order valence-electron chi connectivity index (χ0n) is 13.3. The highest BCUT2D eigenvalue weighted by Crippen LogP contribution is 2.15. The van der Waals surface area contributed by atoms with E-state index >= 15 is 0 Å². The van der Waals surface area contributed by atoms with Gasteiger partial charge in [0, 0.05) is 24.3 Å². The van der Waals surface area contributed by atoms with Crippen LogP contribution >= 0.6 is 0 Å². The molecule has 0 saturated carbocycles. The number of aromatic nitrogens is 2. The van der Waals surface area contributed by atoms with E-state index in [0.29, 0.717) is 6.04 Å². The van der Waals surface area contributed by atoms with E-state index in [0.717, 1.165) is 32.4 Å². The molecule has 0 spiro atoms. The van der Waals surface area contributed by atoms with Crippen LogP contribution < -0.4 is 5.32 Å². The fourth-order valence-electron chi connectivity index (χ4n) is 2.59. The number of nitrogens with zero attached hydrogens (tertiary/aromatic N) is 2. The average Bonchev–Trinajstić information content (AvgIpc) is 2.98. The fraction of sp³-hybridized carbons (Fsp3) is 0.500. The van der Waals surface area contributed by atoms with Gasteiger partial charge in [-0.25, -0.2) is 0 Å². The molecule has 1 atom stereocenters. The molecule has 0 aliphatic heterocycles. The van der Waals surface area contributed by atoms with Crippen molar-refractivity contribution in [2.24, 2.45) is 0 Å². The number of rotatable bonds is 9. The first-order valence-electron chi connectivity index (χ1n) is 8.13. The predicted molar refractivity (Wildman–Crippen MR) is 88.3 cm³/mol. The van der Waals surface area contributed by atoms with E-state index in [1.807, 2.05) is 6.20 Å². The molecule has 0 aliphatic carbocycles. The lowest BCUT2D eigenvalue weighted by Crippen LogP contribution is -2.21. The van der Waals surface area contributed by atoms with E-state index in [4.69, 9.17) is 0 Å². The molecule has 0 radical (unpaired) electrons. The lowest BCUT2D eigenvalue weighted by molar-refractivity contribution is 0.516. The smallest absolute Gasteiger partial charge is 0.0537 e. The van der Waals surface area contributed by atoms with Crippen molar-refractivity contribution in [3.63, 3.8) is 0 Å². The zero-order valence-corrected chi connectivity index (χ0v) is 13.3. The second-order valence-corrected chi connectivity index (χ2v) is 5.54. The zero-order chi connectivity index (χ0) is 14.9. The molecule has 1 aromatic heterocycles. The SMILES string of the molecule is CCCNC(CC)c1cnn(CCCc2ccccc2)c1. The molecule has 0 bridgehead atoms. The number of aryl methyl sites for hydroxylation is 2. The minimum absolute atomic E-state index is 0.438. The number of hydrogen-bond donors (Lipinski definition) is 1. The Morgan fingerprint density at radius 1 is 1.19 bits per heavy atom. The molecule has 0 saturated heterocycles. The Bertz CT molecular complexity index is 504. The molecule has 0 aliphatic rings. The van der Waals surface area contributed by atoms with Crippen molar-refractivity contribution in [3.8, 4) is 0 Å². The van der Waals surface area contributed by atoms with Crippen molar-refractivity contribution in [2.45, 2.75) is 52.1 Å². The lowest BCUT2D eigenvalue weighted by atomic mass is 10.1. The van der Waals surface area contributed by atoms with Gasteiger partial charge in [-0.1, -0.05) is 44.2 Å². The van der Waals surface area contributed by atoms with Crippen LogP contribution in [-0.4, -0.2) is 16.3 Å². The molecule has 114 valence electrons. The molecule has 2 aromatic rings. The molecule has 1 aromatic carbocycles. The predicted octanol–water partition coefficient (Wildman–Crippen LogP) is 3.97. The van der Waals surface area contributed by atoms with Crippen molar-refractivity contribution in [1.82, 2.24) is 15.1 Å². The summed E-state index contributed by atoms with van der Waals surface area (Å²) in [6.45, 7) is 6.48. The van der Waals surface area contributed by atoms with Crippen LogP contribution in [-0.2, 0) is 13.0 Å². The van der Waals surface area contributed by atoms with Crippen LogP contribution in [0.1, 0.15) is 50.3 Å². The van der Waals surface area contributed by atoms with Crippen LogP contribution in [0.3, 0.4) is 0 Å². The van der Waals surface area contributed by atoms with Crippen molar-refractivity contribution in [1.29, 1.82) is 0 Å². The van der Waals surface area contributed by atoms with Crippen molar-refractivity contribution in [2.75, 3.05) is 6.54 Å². The molecule has 21 heavy (non-hydrogen) atoms. The van der Waals surface area contributed by atoms with Gasteiger partial charge in [0.05, 0.1) is 6.20 Å². The lowest BCUT2D eigenvalue weighted by Gasteiger charge is -2.14. The third-order valence-electron chi connectivity index (χ3n) is 3.80. The largest absolute Gasteiger partial charge is 0.310 e. The molecule has 1 unspecified atom stereocenters. The van der Waals surface area contributed by atoms with Crippen molar-refractivity contribution in [3.05, 3.63) is 53.9 Å². The van der Waals surface area contributed by atoms with Gasteiger partial charge >= 0.3 is 0 Å². The normalized spacial score (nSPS) is 12.5. The van der Waals surface area contributed by atoms with Gasteiger partial charge in [0.15, 0.2) is 0 Å². The maximum atomic E-state index is 4.50. The molecule has 2 rings (SSSR count). The van der Waals surface area contributed by atoms with Gasteiger partial charge in [-0.15, -0.1) is 0 Å². The number of hydrogen-bond acceptors (Lipinski definition) is 2.